The van der Waals surface area contributed by atoms with Crippen molar-refractivity contribution < 1.29 is 9.23 Å². The van der Waals surface area contributed by atoms with E-state index in [4.69, 9.17) is 11.5 Å². The third-order valence-corrected chi connectivity index (χ3v) is 1.26. The molecule has 0 spiro atoms. The van der Waals surface area contributed by atoms with Gasteiger partial charge in [0.05, 0.1) is 0 Å². The van der Waals surface area contributed by atoms with Crippen LogP contribution in [0.15, 0.2) is 14.8 Å². The van der Waals surface area contributed by atoms with Gasteiger partial charge in [-0.2, -0.15) is 5.10 Å². The molecule has 70 valence electrons. The van der Waals surface area contributed by atoms with Crippen molar-refractivity contribution in [3.63, 3.8) is 0 Å². The zero-order valence-electron chi connectivity index (χ0n) is 6.89. The van der Waals surface area contributed by atoms with Gasteiger partial charge in [0.1, 0.15) is 6.21 Å². The molecule has 0 radical (unpaired) electrons. The van der Waals surface area contributed by atoms with E-state index in [1.54, 1.807) is 6.92 Å². The van der Waals surface area contributed by atoms with Crippen LogP contribution in [0.4, 0.5) is 0 Å². The molecule has 1 aromatic rings. The van der Waals surface area contributed by atoms with Crippen LogP contribution in [0, 0.1) is 11.8 Å². The van der Waals surface area contributed by atoms with Gasteiger partial charge in [-0.05, 0) is 4.91 Å². The Labute approximate surface area is 72.5 Å². The van der Waals surface area contributed by atoms with Crippen LogP contribution in [-0.2, 0) is 0 Å². The van der Waals surface area contributed by atoms with E-state index in [0.29, 0.717) is 16.0 Å². The fraction of sp³-hybridized carbons (Fsp3) is 0.200. The molecular weight excluding hydrogens is 176 g/mol. The molecule has 0 saturated heterocycles. The second-order valence-electron chi connectivity index (χ2n) is 2.22. The molecule has 8 heteroatoms. The first-order valence-electron chi connectivity index (χ1n) is 3.34. The Bertz CT molecular complexity index is 395. The molecule has 5 N–H and O–H groups in total. The lowest BCUT2D eigenvalue weighted by Crippen LogP contribution is -2.21. The summed E-state index contributed by atoms with van der Waals surface area (Å²) < 4.78 is 4.70. The number of H-pyrrole nitrogens is 1. The molecule has 0 bridgehead atoms. The molecule has 0 aliphatic rings. The minimum atomic E-state index is -0.160. The van der Waals surface area contributed by atoms with Gasteiger partial charge in [-0.3, -0.25) is 0 Å². The molecule has 0 amide bonds. The van der Waals surface area contributed by atoms with E-state index in [2.05, 4.69) is 20.0 Å². The lowest BCUT2D eigenvalue weighted by atomic mass is 10.4. The van der Waals surface area contributed by atoms with Gasteiger partial charge in [-0.25, -0.2) is 0 Å². The average molecular weight is 185 g/mol. The fourth-order valence-corrected chi connectivity index (χ4v) is 0.604. The summed E-state index contributed by atoms with van der Waals surface area (Å²) in [5.41, 5.74) is 10.8. The number of nitrogens with zero attached hydrogens (tertiary/aromatic N) is 3. The normalized spacial score (nSPS) is 10.5. The molecule has 0 atom stereocenters. The first-order valence-corrected chi connectivity index (χ1v) is 3.34. The largest absolute Gasteiger partial charge is 0.369 e. The van der Waals surface area contributed by atoms with Crippen LogP contribution in [0.1, 0.15) is 11.4 Å². The summed E-state index contributed by atoms with van der Waals surface area (Å²) in [6.45, 7) is 1.56. The highest BCUT2D eigenvalue weighted by molar-refractivity contribution is 5.80. The minimum Gasteiger partial charge on any atom is -0.369 e. The van der Waals surface area contributed by atoms with E-state index in [1.165, 1.54) is 6.21 Å². The first-order chi connectivity index (χ1) is 6.11. The smallest absolute Gasteiger partial charge is 0.247 e. The predicted octanol–water partition coefficient (Wildman–Crippen LogP) is -1.56. The number of guanidine groups is 1. The Kier molecular flexibility index (Phi) is 2.43. The summed E-state index contributed by atoms with van der Waals surface area (Å²) in [4.78, 5) is 10.7. The van der Waals surface area contributed by atoms with Crippen LogP contribution in [0.5, 0.6) is 0 Å². The van der Waals surface area contributed by atoms with Crippen molar-refractivity contribution in [3.8, 4) is 0 Å². The van der Waals surface area contributed by atoms with Crippen LogP contribution in [-0.4, -0.2) is 17.3 Å². The Hall–Kier alpha value is -2.12. The van der Waals surface area contributed by atoms with Gasteiger partial charge in [0.25, 0.3) is 0 Å². The molecule has 13 heavy (non-hydrogen) atoms. The quantitative estimate of drug-likeness (QED) is 0.292. The zero-order valence-corrected chi connectivity index (χ0v) is 6.89. The molecular formula is C5H9N6O2+. The molecule has 0 fully saturated rings. The van der Waals surface area contributed by atoms with Crippen molar-refractivity contribution in [1.82, 2.24) is 5.16 Å². The van der Waals surface area contributed by atoms with Crippen LogP contribution >= 0.6 is 0 Å². The predicted molar refractivity (Wildman–Crippen MR) is 44.6 cm³/mol. The average Bonchev–Trinajstić information content (AvgIpc) is 2.35. The van der Waals surface area contributed by atoms with Gasteiger partial charge in [-0.1, -0.05) is 9.79 Å². The number of hydrogen-bond acceptors (Lipinski definition) is 4. The van der Waals surface area contributed by atoms with Crippen molar-refractivity contribution in [2.24, 2.45) is 21.7 Å². The van der Waals surface area contributed by atoms with E-state index in [0.717, 1.165) is 0 Å². The Balaban J connectivity index is 2.87. The van der Waals surface area contributed by atoms with Gasteiger partial charge in [-0.15, -0.1) is 5.10 Å². The highest BCUT2D eigenvalue weighted by Gasteiger charge is 2.11. The second-order valence-corrected chi connectivity index (χ2v) is 2.22. The first kappa shape index (κ1) is 8.97. The monoisotopic (exact) mass is 185 g/mol. The Morgan fingerprint density at radius 3 is 2.85 bits per heavy atom. The highest BCUT2D eigenvalue weighted by Crippen LogP contribution is 1.92. The standard InChI is InChI=1S/C5H9N6O2/c1-3-4(10-13-11(3)12)2-8-9-5(6)7/h2,10H,1H3,(H4,6,7,9)/q+1/b8-2+. The summed E-state index contributed by atoms with van der Waals surface area (Å²) in [6, 6.07) is 0. The van der Waals surface area contributed by atoms with E-state index < -0.39 is 0 Å². The van der Waals surface area contributed by atoms with E-state index in [1.807, 2.05) is 0 Å². The maximum Gasteiger partial charge on any atom is 0.247 e. The molecule has 0 unspecified atom stereocenters. The fourth-order valence-electron chi connectivity index (χ4n) is 0.604. The third kappa shape index (κ3) is 2.15. The van der Waals surface area contributed by atoms with E-state index in [-0.39, 0.29) is 5.96 Å². The number of nitrogens with two attached hydrogens (primary N) is 2. The molecule has 1 aromatic heterocycles. The number of hydrogen-bond donors (Lipinski definition) is 3. The van der Waals surface area contributed by atoms with Crippen LogP contribution in [0.2, 0.25) is 0 Å². The molecule has 8 nitrogen and oxygen atoms in total. The molecule has 1 heterocycles. The van der Waals surface area contributed by atoms with Crippen molar-refractivity contribution >= 4 is 12.2 Å². The second kappa shape index (κ2) is 3.52. The van der Waals surface area contributed by atoms with Crippen molar-refractivity contribution in [2.45, 2.75) is 6.92 Å². The Morgan fingerprint density at radius 2 is 2.38 bits per heavy atom. The summed E-state index contributed by atoms with van der Waals surface area (Å²) in [5, 5.41) is 9.15. The maximum absolute atomic E-state index is 10.7. The van der Waals surface area contributed by atoms with E-state index in [9.17, 15) is 4.91 Å². The maximum atomic E-state index is 10.7. The number of rotatable bonds is 2. The zero-order chi connectivity index (χ0) is 9.84. The molecule has 0 aromatic carbocycles. The topological polar surface area (TPSA) is 129 Å². The summed E-state index contributed by atoms with van der Waals surface area (Å²) in [5.74, 6) is -0.160. The van der Waals surface area contributed by atoms with Crippen LogP contribution in [0.25, 0.3) is 0 Å². The van der Waals surface area contributed by atoms with E-state index >= 15 is 0 Å². The molecule has 0 aliphatic carbocycles. The minimum absolute atomic E-state index is 0.160. The van der Waals surface area contributed by atoms with Gasteiger partial charge >= 0.3 is 0 Å². The highest BCUT2D eigenvalue weighted by atomic mass is 16.7. The lowest BCUT2D eigenvalue weighted by Gasteiger charge is -1.80. The van der Waals surface area contributed by atoms with Gasteiger partial charge in [0.2, 0.25) is 17.3 Å². The van der Waals surface area contributed by atoms with Crippen molar-refractivity contribution in [2.75, 3.05) is 0 Å². The summed E-state index contributed by atoms with van der Waals surface area (Å²) >= 11 is 0. The van der Waals surface area contributed by atoms with Crippen LogP contribution < -0.4 is 16.1 Å². The summed E-state index contributed by atoms with van der Waals surface area (Å²) in [7, 11) is 0. The molecule has 0 saturated carbocycles. The SMILES string of the molecule is Cc1c(/C=N/N=C(N)N)[nH]o[n+]1=O. The number of aromatic nitrogens is 2. The molecule has 1 rings (SSSR count). The van der Waals surface area contributed by atoms with Gasteiger partial charge < -0.3 is 11.5 Å². The number of nitrogens with one attached hydrogen (secondary N) is 1. The van der Waals surface area contributed by atoms with Crippen molar-refractivity contribution in [1.29, 1.82) is 0 Å². The number of aromatic amines is 1. The molecule has 0 aliphatic heterocycles. The Morgan fingerprint density at radius 1 is 1.69 bits per heavy atom. The summed E-state index contributed by atoms with van der Waals surface area (Å²) in [6.07, 6.45) is 1.27. The van der Waals surface area contributed by atoms with Crippen LogP contribution in [0.3, 0.4) is 0 Å². The van der Waals surface area contributed by atoms with Crippen molar-refractivity contribution in [3.05, 3.63) is 16.3 Å². The third-order valence-electron chi connectivity index (χ3n) is 1.26. The van der Waals surface area contributed by atoms with Gasteiger partial charge in [0.15, 0.2) is 4.60 Å². The lowest BCUT2D eigenvalue weighted by molar-refractivity contribution is -0.718. The van der Waals surface area contributed by atoms with Gasteiger partial charge in [0, 0.05) is 6.92 Å².